The maximum atomic E-state index is 4.63. The van der Waals surface area contributed by atoms with Crippen molar-refractivity contribution in [3.63, 3.8) is 0 Å². The number of hydrogen-bond donors (Lipinski definition) is 1. The lowest BCUT2D eigenvalue weighted by Gasteiger charge is -2.08. The number of rotatable bonds is 7. The van der Waals surface area contributed by atoms with Gasteiger partial charge < -0.3 is 5.32 Å². The molecule has 0 atom stereocenters. The Kier molecular flexibility index (Phi) is 5.01. The number of anilines is 1. The summed E-state index contributed by atoms with van der Waals surface area (Å²) in [5.41, 5.74) is 3.73. The van der Waals surface area contributed by atoms with Crippen molar-refractivity contribution in [1.29, 1.82) is 0 Å². The largest absolute Gasteiger partial charge is 0.385 e. The van der Waals surface area contributed by atoms with Crippen molar-refractivity contribution in [2.45, 2.75) is 39.7 Å². The molecule has 0 aliphatic rings. The Morgan fingerprint density at radius 3 is 2.58 bits per heavy atom. The lowest BCUT2D eigenvalue weighted by Crippen LogP contribution is -2.10. The van der Waals surface area contributed by atoms with Gasteiger partial charge in [0.15, 0.2) is 0 Å². The summed E-state index contributed by atoms with van der Waals surface area (Å²) in [7, 11) is 0. The molecule has 0 saturated carbocycles. The summed E-state index contributed by atoms with van der Waals surface area (Å²) in [5, 5.41) is 8.07. The van der Waals surface area contributed by atoms with Gasteiger partial charge in [-0.3, -0.25) is 4.68 Å². The van der Waals surface area contributed by atoms with Gasteiger partial charge in [-0.2, -0.15) is 5.10 Å². The molecule has 1 aromatic carbocycles. The van der Waals surface area contributed by atoms with Crippen LogP contribution in [0.4, 0.5) is 5.69 Å². The monoisotopic (exact) mass is 257 g/mol. The molecule has 0 unspecified atom stereocenters. The summed E-state index contributed by atoms with van der Waals surface area (Å²) in [5.74, 6) is 0. The second kappa shape index (κ2) is 6.98. The van der Waals surface area contributed by atoms with Crippen LogP contribution in [0, 0.1) is 0 Å². The number of para-hydroxylation sites is 1. The molecular formula is C16H23N3. The van der Waals surface area contributed by atoms with E-state index in [0.29, 0.717) is 0 Å². The molecule has 2 aromatic rings. The zero-order valence-electron chi connectivity index (χ0n) is 11.9. The molecule has 19 heavy (non-hydrogen) atoms. The van der Waals surface area contributed by atoms with E-state index < -0.39 is 0 Å². The van der Waals surface area contributed by atoms with E-state index in [1.807, 2.05) is 6.07 Å². The highest BCUT2D eigenvalue weighted by molar-refractivity contribution is 5.42. The third-order valence-electron chi connectivity index (χ3n) is 3.29. The number of benzene rings is 1. The molecule has 0 spiro atoms. The summed E-state index contributed by atoms with van der Waals surface area (Å²) in [4.78, 5) is 0. The molecule has 2 rings (SSSR count). The van der Waals surface area contributed by atoms with Gasteiger partial charge in [-0.05, 0) is 37.5 Å². The summed E-state index contributed by atoms with van der Waals surface area (Å²) in [6.45, 7) is 6.32. The van der Waals surface area contributed by atoms with Crippen LogP contribution in [0.25, 0.3) is 0 Å². The van der Waals surface area contributed by atoms with Crippen LogP contribution in [0.1, 0.15) is 31.7 Å². The van der Waals surface area contributed by atoms with Gasteiger partial charge in [0.25, 0.3) is 0 Å². The van der Waals surface area contributed by atoms with Crippen LogP contribution in [0.15, 0.2) is 36.4 Å². The normalized spacial score (nSPS) is 10.6. The van der Waals surface area contributed by atoms with E-state index in [2.05, 4.69) is 59.3 Å². The Labute approximate surface area is 115 Å². The standard InChI is InChI=1S/C16H23N3/c1-3-14-13-16(4-2)19(18-14)12-8-11-17-15-9-6-5-7-10-15/h5-7,9-10,13,17H,3-4,8,11-12H2,1-2H3. The van der Waals surface area contributed by atoms with Crippen LogP contribution in [0.5, 0.6) is 0 Å². The predicted molar refractivity (Wildman–Crippen MR) is 80.5 cm³/mol. The minimum absolute atomic E-state index is 0.981. The minimum atomic E-state index is 0.981. The Morgan fingerprint density at radius 1 is 1.11 bits per heavy atom. The maximum absolute atomic E-state index is 4.63. The topological polar surface area (TPSA) is 29.9 Å². The molecular weight excluding hydrogens is 234 g/mol. The summed E-state index contributed by atoms with van der Waals surface area (Å²) >= 11 is 0. The van der Waals surface area contributed by atoms with Crippen LogP contribution >= 0.6 is 0 Å². The van der Waals surface area contributed by atoms with E-state index in [1.54, 1.807) is 0 Å². The average Bonchev–Trinajstić information content (AvgIpc) is 2.87. The minimum Gasteiger partial charge on any atom is -0.385 e. The Hall–Kier alpha value is -1.77. The van der Waals surface area contributed by atoms with E-state index in [-0.39, 0.29) is 0 Å². The van der Waals surface area contributed by atoms with Crippen molar-refractivity contribution >= 4 is 5.69 Å². The van der Waals surface area contributed by atoms with Crippen molar-refractivity contribution in [2.24, 2.45) is 0 Å². The van der Waals surface area contributed by atoms with E-state index in [9.17, 15) is 0 Å². The fourth-order valence-electron chi connectivity index (χ4n) is 2.18. The molecule has 0 aliphatic carbocycles. The second-order valence-electron chi connectivity index (χ2n) is 4.70. The second-order valence-corrected chi connectivity index (χ2v) is 4.70. The Morgan fingerprint density at radius 2 is 1.89 bits per heavy atom. The van der Waals surface area contributed by atoms with Crippen molar-refractivity contribution in [3.8, 4) is 0 Å². The van der Waals surface area contributed by atoms with E-state index in [1.165, 1.54) is 17.1 Å². The maximum Gasteiger partial charge on any atom is 0.0624 e. The molecule has 3 heteroatoms. The smallest absolute Gasteiger partial charge is 0.0624 e. The lowest BCUT2D eigenvalue weighted by atomic mass is 10.2. The molecule has 1 aromatic heterocycles. The van der Waals surface area contributed by atoms with Gasteiger partial charge in [0.05, 0.1) is 5.69 Å². The van der Waals surface area contributed by atoms with Gasteiger partial charge >= 0.3 is 0 Å². The third kappa shape index (κ3) is 3.85. The van der Waals surface area contributed by atoms with Gasteiger partial charge in [0.2, 0.25) is 0 Å². The highest BCUT2D eigenvalue weighted by Gasteiger charge is 2.04. The first-order valence-corrected chi connectivity index (χ1v) is 7.18. The summed E-state index contributed by atoms with van der Waals surface area (Å²) < 4.78 is 2.16. The SMILES string of the molecule is CCc1cc(CC)n(CCCNc2ccccc2)n1. The van der Waals surface area contributed by atoms with Crippen molar-refractivity contribution < 1.29 is 0 Å². The predicted octanol–water partition coefficient (Wildman–Crippen LogP) is 3.51. The first-order chi connectivity index (χ1) is 9.33. The van der Waals surface area contributed by atoms with E-state index in [4.69, 9.17) is 0 Å². The lowest BCUT2D eigenvalue weighted by molar-refractivity contribution is 0.562. The molecule has 0 fully saturated rings. The summed E-state index contributed by atoms with van der Waals surface area (Å²) in [6.07, 6.45) is 3.16. The highest BCUT2D eigenvalue weighted by atomic mass is 15.3. The van der Waals surface area contributed by atoms with Crippen LogP contribution in [0.3, 0.4) is 0 Å². The number of aryl methyl sites for hydroxylation is 3. The molecule has 1 heterocycles. The van der Waals surface area contributed by atoms with Gasteiger partial charge in [-0.15, -0.1) is 0 Å². The Bertz CT molecular complexity index is 488. The number of nitrogens with one attached hydrogen (secondary N) is 1. The van der Waals surface area contributed by atoms with Crippen molar-refractivity contribution in [3.05, 3.63) is 47.8 Å². The van der Waals surface area contributed by atoms with Crippen LogP contribution in [-0.2, 0) is 19.4 Å². The van der Waals surface area contributed by atoms with Crippen LogP contribution in [0.2, 0.25) is 0 Å². The number of hydrogen-bond acceptors (Lipinski definition) is 2. The Balaban J connectivity index is 1.81. The zero-order chi connectivity index (χ0) is 13.5. The number of nitrogens with zero attached hydrogens (tertiary/aromatic N) is 2. The molecule has 0 aliphatic heterocycles. The van der Waals surface area contributed by atoms with Gasteiger partial charge in [-0.25, -0.2) is 0 Å². The first-order valence-electron chi connectivity index (χ1n) is 7.18. The van der Waals surface area contributed by atoms with Gasteiger partial charge in [0.1, 0.15) is 0 Å². The van der Waals surface area contributed by atoms with Crippen LogP contribution in [-0.4, -0.2) is 16.3 Å². The molecule has 0 bridgehead atoms. The molecule has 0 saturated heterocycles. The van der Waals surface area contributed by atoms with Crippen molar-refractivity contribution in [1.82, 2.24) is 9.78 Å². The van der Waals surface area contributed by atoms with Gasteiger partial charge in [0, 0.05) is 24.5 Å². The molecule has 0 amide bonds. The molecule has 3 nitrogen and oxygen atoms in total. The third-order valence-corrected chi connectivity index (χ3v) is 3.29. The van der Waals surface area contributed by atoms with Crippen molar-refractivity contribution in [2.75, 3.05) is 11.9 Å². The van der Waals surface area contributed by atoms with E-state index in [0.717, 1.165) is 32.4 Å². The molecule has 1 N–H and O–H groups in total. The zero-order valence-corrected chi connectivity index (χ0v) is 11.9. The quantitative estimate of drug-likeness (QED) is 0.769. The average molecular weight is 257 g/mol. The first kappa shape index (κ1) is 13.7. The summed E-state index contributed by atoms with van der Waals surface area (Å²) in [6, 6.07) is 12.6. The highest BCUT2D eigenvalue weighted by Crippen LogP contribution is 2.08. The molecule has 102 valence electrons. The fraction of sp³-hybridized carbons (Fsp3) is 0.438. The van der Waals surface area contributed by atoms with Crippen LogP contribution < -0.4 is 5.32 Å². The number of aromatic nitrogens is 2. The van der Waals surface area contributed by atoms with E-state index >= 15 is 0 Å². The van der Waals surface area contributed by atoms with Gasteiger partial charge in [-0.1, -0.05) is 32.0 Å². The molecule has 0 radical (unpaired) electrons. The fourth-order valence-corrected chi connectivity index (χ4v) is 2.18.